The predicted octanol–water partition coefficient (Wildman–Crippen LogP) is 3.36. The second kappa shape index (κ2) is 8.93. The second-order valence-corrected chi connectivity index (χ2v) is 8.62. The molecule has 0 saturated carbocycles. The van der Waals surface area contributed by atoms with Crippen molar-refractivity contribution in [1.82, 2.24) is 14.7 Å². The lowest BCUT2D eigenvalue weighted by Gasteiger charge is -2.11. The SMILES string of the molecule is COc1cc(C=S(C)(=O)NC#N)cc(Nc2ncc(F)c(-c3ccc(F)cc3F)n2)c1. The van der Waals surface area contributed by atoms with Crippen LogP contribution in [0.3, 0.4) is 0 Å². The van der Waals surface area contributed by atoms with Gasteiger partial charge in [-0.3, -0.25) is 0 Å². The first-order valence-electron chi connectivity index (χ1n) is 8.64. The van der Waals surface area contributed by atoms with Crippen molar-refractivity contribution in [2.24, 2.45) is 0 Å². The number of anilines is 2. The van der Waals surface area contributed by atoms with Crippen molar-refractivity contribution in [2.75, 3.05) is 18.7 Å². The molecular weight excluding hydrogens is 431 g/mol. The molecular formula is C20H16F3N5O2S. The number of hydrogen-bond acceptors (Lipinski definition) is 6. The minimum atomic E-state index is -2.78. The van der Waals surface area contributed by atoms with E-state index in [1.54, 1.807) is 24.4 Å². The van der Waals surface area contributed by atoms with Gasteiger partial charge >= 0.3 is 0 Å². The van der Waals surface area contributed by atoms with E-state index in [1.807, 2.05) is 0 Å². The van der Waals surface area contributed by atoms with E-state index in [-0.39, 0.29) is 17.2 Å². The molecule has 160 valence electrons. The Morgan fingerprint density at radius 2 is 1.94 bits per heavy atom. The highest BCUT2D eigenvalue weighted by molar-refractivity contribution is 7.99. The van der Waals surface area contributed by atoms with Crippen LogP contribution in [0.15, 0.2) is 42.6 Å². The summed E-state index contributed by atoms with van der Waals surface area (Å²) >= 11 is 0. The number of halogens is 3. The first-order chi connectivity index (χ1) is 14.7. The summed E-state index contributed by atoms with van der Waals surface area (Å²) in [6, 6.07) is 7.46. The fraction of sp³-hybridized carbons (Fsp3) is 0.100. The van der Waals surface area contributed by atoms with E-state index < -0.39 is 27.2 Å². The third kappa shape index (κ3) is 5.43. The van der Waals surface area contributed by atoms with E-state index >= 15 is 0 Å². The van der Waals surface area contributed by atoms with Crippen LogP contribution in [0.1, 0.15) is 5.56 Å². The average molecular weight is 447 g/mol. The van der Waals surface area contributed by atoms with Gasteiger partial charge in [-0.1, -0.05) is 0 Å². The highest BCUT2D eigenvalue weighted by Gasteiger charge is 2.15. The van der Waals surface area contributed by atoms with Crippen molar-refractivity contribution in [1.29, 1.82) is 5.26 Å². The zero-order valence-corrected chi connectivity index (χ0v) is 17.1. The summed E-state index contributed by atoms with van der Waals surface area (Å²) in [7, 11) is -1.34. The van der Waals surface area contributed by atoms with Crippen molar-refractivity contribution in [2.45, 2.75) is 0 Å². The molecule has 2 aromatic carbocycles. The van der Waals surface area contributed by atoms with Gasteiger partial charge in [-0.25, -0.2) is 32.1 Å². The summed E-state index contributed by atoms with van der Waals surface area (Å²) in [4.78, 5) is 7.83. The number of nitrogens with zero attached hydrogens (tertiary/aromatic N) is 3. The molecule has 0 fully saturated rings. The van der Waals surface area contributed by atoms with E-state index in [9.17, 15) is 17.4 Å². The number of ether oxygens (including phenoxy) is 1. The average Bonchev–Trinajstić information content (AvgIpc) is 2.69. The molecule has 3 rings (SSSR count). The fourth-order valence-electron chi connectivity index (χ4n) is 2.69. The molecule has 1 heterocycles. The number of hydrogen-bond donors (Lipinski definition) is 2. The molecule has 0 amide bonds. The van der Waals surface area contributed by atoms with E-state index in [0.717, 1.165) is 18.3 Å². The molecule has 3 aromatic rings. The Hall–Kier alpha value is -3.78. The van der Waals surface area contributed by atoms with Crippen LogP contribution in [0.4, 0.5) is 24.8 Å². The van der Waals surface area contributed by atoms with E-state index in [0.29, 0.717) is 23.1 Å². The Bertz CT molecular complexity index is 1300. The molecule has 2 N–H and O–H groups in total. The van der Waals surface area contributed by atoms with E-state index in [4.69, 9.17) is 10.00 Å². The predicted molar refractivity (Wildman–Crippen MR) is 112 cm³/mol. The summed E-state index contributed by atoms with van der Waals surface area (Å²) < 4.78 is 61.2. The summed E-state index contributed by atoms with van der Waals surface area (Å²) in [5.74, 6) is -2.32. The number of methoxy groups -OCH3 is 1. The summed E-state index contributed by atoms with van der Waals surface area (Å²) in [6.45, 7) is 0. The van der Waals surface area contributed by atoms with Gasteiger partial charge in [0.15, 0.2) is 12.0 Å². The maximum atomic E-state index is 14.2. The fourth-order valence-corrected chi connectivity index (χ4v) is 3.58. The van der Waals surface area contributed by atoms with Crippen LogP contribution in [-0.4, -0.2) is 32.9 Å². The first-order valence-corrected chi connectivity index (χ1v) is 10.7. The van der Waals surface area contributed by atoms with Crippen LogP contribution in [-0.2, 0) is 9.71 Å². The largest absolute Gasteiger partial charge is 0.497 e. The first kappa shape index (κ1) is 21.9. The molecule has 0 aliphatic rings. The monoisotopic (exact) mass is 447 g/mol. The summed E-state index contributed by atoms with van der Waals surface area (Å²) in [6.07, 6.45) is 3.85. The van der Waals surface area contributed by atoms with Crippen molar-refractivity contribution in [3.05, 3.63) is 65.6 Å². The van der Waals surface area contributed by atoms with E-state index in [2.05, 4.69) is 20.0 Å². The molecule has 1 aromatic heterocycles. The molecule has 0 radical (unpaired) electrons. The number of rotatable bonds is 6. The van der Waals surface area contributed by atoms with E-state index in [1.165, 1.54) is 18.7 Å². The highest BCUT2D eigenvalue weighted by Crippen LogP contribution is 2.27. The highest BCUT2D eigenvalue weighted by atomic mass is 32.2. The molecule has 0 spiro atoms. The Kier molecular flexibility index (Phi) is 6.31. The number of nitrogens with one attached hydrogen (secondary N) is 2. The van der Waals surface area contributed by atoms with Crippen LogP contribution in [0.5, 0.6) is 5.75 Å². The van der Waals surface area contributed by atoms with Crippen molar-refractivity contribution in [3.8, 4) is 23.2 Å². The van der Waals surface area contributed by atoms with Crippen molar-refractivity contribution >= 4 is 26.7 Å². The number of nitriles is 1. The Morgan fingerprint density at radius 1 is 1.16 bits per heavy atom. The summed E-state index contributed by atoms with van der Waals surface area (Å²) in [5.41, 5.74) is 0.288. The molecule has 7 nitrogen and oxygen atoms in total. The van der Waals surface area contributed by atoms with Crippen molar-refractivity contribution < 1.29 is 22.1 Å². The lowest BCUT2D eigenvalue weighted by atomic mass is 10.1. The van der Waals surface area contributed by atoms with Crippen LogP contribution < -0.4 is 14.8 Å². The molecule has 31 heavy (non-hydrogen) atoms. The van der Waals surface area contributed by atoms with Gasteiger partial charge in [0.25, 0.3) is 0 Å². The Labute approximate surface area is 176 Å². The third-order valence-corrected chi connectivity index (χ3v) is 5.18. The zero-order valence-electron chi connectivity index (χ0n) is 16.3. The second-order valence-electron chi connectivity index (χ2n) is 6.37. The number of aromatic nitrogens is 2. The van der Waals surface area contributed by atoms with Gasteiger partial charge in [-0.2, -0.15) is 5.26 Å². The molecule has 1 atom stereocenters. The number of benzene rings is 2. The Balaban J connectivity index is 2.00. The van der Waals surface area contributed by atoms with Crippen LogP contribution in [0, 0.1) is 28.9 Å². The molecule has 1 unspecified atom stereocenters. The van der Waals surface area contributed by atoms with Crippen LogP contribution in [0.2, 0.25) is 0 Å². The third-order valence-electron chi connectivity index (χ3n) is 3.96. The lowest BCUT2D eigenvalue weighted by molar-refractivity contribution is 0.415. The topological polar surface area (TPSA) is 99.9 Å². The molecule has 0 bridgehead atoms. The smallest absolute Gasteiger partial charge is 0.227 e. The van der Waals surface area contributed by atoms with Gasteiger partial charge in [0, 0.05) is 35.0 Å². The minimum absolute atomic E-state index is 0.0632. The summed E-state index contributed by atoms with van der Waals surface area (Å²) in [5, 5.41) is 12.9. The molecule has 0 aliphatic carbocycles. The van der Waals surface area contributed by atoms with Crippen molar-refractivity contribution in [3.63, 3.8) is 0 Å². The van der Waals surface area contributed by atoms with Crippen LogP contribution >= 0.6 is 0 Å². The van der Waals surface area contributed by atoms with Gasteiger partial charge in [0.05, 0.1) is 23.0 Å². The molecule has 11 heteroatoms. The zero-order chi connectivity index (χ0) is 22.6. The Morgan fingerprint density at radius 3 is 2.61 bits per heavy atom. The standard InChI is InChI=1S/C20H16F3N5O2S/c1-30-15-6-12(10-31(2,29)26-11-24)5-14(8-15)27-20-25-9-18(23)19(28-20)16-4-3-13(21)7-17(16)22/h3-10H,1-2H3,(H,26,29)(H,25,27,28). The minimum Gasteiger partial charge on any atom is -0.497 e. The van der Waals surface area contributed by atoms with Gasteiger partial charge in [-0.15, -0.1) is 0 Å². The molecule has 0 aliphatic heterocycles. The normalized spacial score (nSPS) is 12.4. The van der Waals surface area contributed by atoms with Gasteiger partial charge in [0.2, 0.25) is 5.95 Å². The van der Waals surface area contributed by atoms with Gasteiger partial charge in [-0.05, 0) is 29.8 Å². The maximum Gasteiger partial charge on any atom is 0.227 e. The van der Waals surface area contributed by atoms with Crippen LogP contribution in [0.25, 0.3) is 11.3 Å². The quantitative estimate of drug-likeness (QED) is 0.342. The molecule has 0 saturated heterocycles. The maximum absolute atomic E-state index is 14.2. The van der Waals surface area contributed by atoms with Gasteiger partial charge in [0.1, 0.15) is 23.1 Å². The lowest BCUT2D eigenvalue weighted by Crippen LogP contribution is -2.18. The van der Waals surface area contributed by atoms with Gasteiger partial charge < -0.3 is 10.1 Å².